The van der Waals surface area contributed by atoms with Crippen molar-refractivity contribution in [3.8, 4) is 17.2 Å². The number of benzene rings is 2. The van der Waals surface area contributed by atoms with Gasteiger partial charge in [0.1, 0.15) is 39.3 Å². The van der Waals surface area contributed by atoms with Crippen LogP contribution in [0.15, 0.2) is 36.4 Å². The molecule has 0 radical (unpaired) electrons. The minimum atomic E-state index is 0.270. The van der Waals surface area contributed by atoms with Gasteiger partial charge in [0.25, 0.3) is 0 Å². The molecule has 0 amide bonds. The lowest BCUT2D eigenvalue weighted by atomic mass is 10.1. The van der Waals surface area contributed by atoms with E-state index in [0.717, 1.165) is 61.5 Å². The van der Waals surface area contributed by atoms with Crippen molar-refractivity contribution in [3.63, 3.8) is 0 Å². The van der Waals surface area contributed by atoms with Crippen molar-refractivity contribution in [2.45, 2.75) is 13.1 Å². The molecule has 2 aromatic rings. The fourth-order valence-corrected chi connectivity index (χ4v) is 4.00. The van der Waals surface area contributed by atoms with Gasteiger partial charge in [-0.25, -0.2) is 0 Å². The Morgan fingerprint density at radius 1 is 1.00 bits per heavy atom. The van der Waals surface area contributed by atoms with Crippen LogP contribution in [0.25, 0.3) is 0 Å². The number of methoxy groups -OCH3 is 1. The Labute approximate surface area is 159 Å². The Bertz CT molecular complexity index is 776. The van der Waals surface area contributed by atoms with Gasteiger partial charge in [0.2, 0.25) is 12.5 Å². The molecule has 4 rings (SSSR count). The van der Waals surface area contributed by atoms with Crippen molar-refractivity contribution >= 4 is 11.6 Å². The van der Waals surface area contributed by atoms with Gasteiger partial charge in [-0.05, 0) is 18.2 Å². The molecule has 0 aliphatic carbocycles. The van der Waals surface area contributed by atoms with Gasteiger partial charge in [-0.15, -0.1) is 0 Å². The van der Waals surface area contributed by atoms with E-state index >= 15 is 0 Å². The molecule has 1 fully saturated rings. The fraction of sp³-hybridized carbons (Fsp3) is 0.400. The maximum absolute atomic E-state index is 6.30. The highest BCUT2D eigenvalue weighted by Gasteiger charge is 2.26. The Morgan fingerprint density at radius 2 is 1.73 bits per heavy atom. The van der Waals surface area contributed by atoms with E-state index < -0.39 is 0 Å². The highest BCUT2D eigenvalue weighted by atomic mass is 35.5. The molecule has 26 heavy (non-hydrogen) atoms. The molecule has 0 unspecified atom stereocenters. The number of rotatable bonds is 5. The van der Waals surface area contributed by atoms with Gasteiger partial charge in [-0.3, -0.25) is 0 Å². The summed E-state index contributed by atoms with van der Waals surface area (Å²) in [4.78, 5) is 3.19. The number of nitrogens with one attached hydrogen (secondary N) is 2. The van der Waals surface area contributed by atoms with E-state index in [0.29, 0.717) is 0 Å². The highest BCUT2D eigenvalue weighted by Crippen LogP contribution is 2.41. The minimum absolute atomic E-state index is 0.270. The van der Waals surface area contributed by atoms with Crippen molar-refractivity contribution in [1.29, 1.82) is 0 Å². The molecular weight excluding hydrogens is 352 g/mol. The van der Waals surface area contributed by atoms with Crippen molar-refractivity contribution in [2.24, 2.45) is 0 Å². The van der Waals surface area contributed by atoms with Crippen LogP contribution in [-0.4, -0.2) is 40.1 Å². The monoisotopic (exact) mass is 376 g/mol. The molecule has 2 aliphatic rings. The number of piperazine rings is 1. The van der Waals surface area contributed by atoms with Gasteiger partial charge in [0.05, 0.1) is 7.11 Å². The van der Waals surface area contributed by atoms with Crippen LogP contribution in [0.3, 0.4) is 0 Å². The van der Waals surface area contributed by atoms with Gasteiger partial charge in [0.15, 0.2) is 11.5 Å². The van der Waals surface area contributed by atoms with Gasteiger partial charge in [-0.2, -0.15) is 0 Å². The normalized spacial score (nSPS) is 21.6. The van der Waals surface area contributed by atoms with Crippen molar-refractivity contribution < 1.29 is 24.0 Å². The second-order valence-electron chi connectivity index (χ2n) is 6.98. The van der Waals surface area contributed by atoms with Crippen LogP contribution in [0, 0.1) is 0 Å². The van der Waals surface area contributed by atoms with E-state index in [1.165, 1.54) is 11.1 Å². The number of hydrogen-bond acceptors (Lipinski definition) is 3. The van der Waals surface area contributed by atoms with Crippen LogP contribution < -0.4 is 24.0 Å². The molecule has 0 atom stereocenters. The van der Waals surface area contributed by atoms with Gasteiger partial charge in [-0.1, -0.05) is 29.8 Å². The summed E-state index contributed by atoms with van der Waals surface area (Å²) < 4.78 is 16.5. The highest BCUT2D eigenvalue weighted by molar-refractivity contribution is 6.31. The number of fused-ring (bicyclic) bond motifs is 1. The number of ether oxygens (including phenoxy) is 3. The molecule has 138 valence electrons. The molecule has 1 saturated heterocycles. The first-order valence-electron chi connectivity index (χ1n) is 9.10. The molecule has 6 heteroatoms. The molecule has 5 nitrogen and oxygen atoms in total. The molecule has 2 aliphatic heterocycles. The third-order valence-electron chi connectivity index (χ3n) is 5.23. The number of halogens is 1. The first-order valence-corrected chi connectivity index (χ1v) is 9.48. The zero-order valence-corrected chi connectivity index (χ0v) is 15.8. The van der Waals surface area contributed by atoms with Crippen LogP contribution in [0.5, 0.6) is 17.2 Å². The van der Waals surface area contributed by atoms with Crippen LogP contribution >= 0.6 is 11.6 Å². The first-order chi connectivity index (χ1) is 12.7. The largest absolute Gasteiger partial charge is 0.493 e. The second kappa shape index (κ2) is 7.74. The second-order valence-corrected chi connectivity index (χ2v) is 7.38. The van der Waals surface area contributed by atoms with E-state index in [1.54, 1.807) is 16.9 Å². The van der Waals surface area contributed by atoms with Crippen molar-refractivity contribution in [3.05, 3.63) is 52.5 Å². The van der Waals surface area contributed by atoms with E-state index in [-0.39, 0.29) is 6.79 Å². The predicted octanol–water partition coefficient (Wildman–Crippen LogP) is 0.561. The van der Waals surface area contributed by atoms with Crippen molar-refractivity contribution in [1.82, 2.24) is 0 Å². The Balaban J connectivity index is 1.35. The fourth-order valence-electron chi connectivity index (χ4n) is 3.80. The third kappa shape index (κ3) is 3.75. The lowest BCUT2D eigenvalue weighted by molar-refractivity contribution is -1.02. The van der Waals surface area contributed by atoms with E-state index in [2.05, 4.69) is 24.3 Å². The Hall–Kier alpha value is -1.95. The van der Waals surface area contributed by atoms with Crippen LogP contribution in [0.2, 0.25) is 5.02 Å². The standard InChI is InChI=1S/C20H23ClN2O3/c1-24-18-10-15(11-19-20(18)26-14-25-19)12-22-6-8-23(9-7-22)13-16-4-2-3-5-17(16)21/h2-5,10-11H,6-9,12-14H2,1H3/p+2. The van der Waals surface area contributed by atoms with E-state index in [9.17, 15) is 0 Å². The molecule has 0 spiro atoms. The molecule has 0 bridgehead atoms. The zero-order valence-electron chi connectivity index (χ0n) is 15.0. The lowest BCUT2D eigenvalue weighted by Gasteiger charge is -2.30. The molecular formula is C20H25ClN2O3+2. The molecule has 2 heterocycles. The predicted molar refractivity (Wildman–Crippen MR) is 99.4 cm³/mol. The van der Waals surface area contributed by atoms with E-state index in [1.807, 2.05) is 12.1 Å². The van der Waals surface area contributed by atoms with Crippen molar-refractivity contribution in [2.75, 3.05) is 40.1 Å². The summed E-state index contributed by atoms with van der Waals surface area (Å²) in [5, 5.41) is 0.877. The maximum atomic E-state index is 6.30. The van der Waals surface area contributed by atoms with Crippen LogP contribution in [-0.2, 0) is 13.1 Å². The Morgan fingerprint density at radius 3 is 2.46 bits per heavy atom. The van der Waals surface area contributed by atoms with E-state index in [4.69, 9.17) is 25.8 Å². The summed E-state index contributed by atoms with van der Waals surface area (Å²) in [6.45, 7) is 6.86. The topological polar surface area (TPSA) is 36.6 Å². The quantitative estimate of drug-likeness (QED) is 0.800. The Kier molecular flexibility index (Phi) is 5.20. The molecule has 2 aromatic carbocycles. The number of hydrogen-bond donors (Lipinski definition) is 2. The summed E-state index contributed by atoms with van der Waals surface area (Å²) in [6, 6.07) is 12.3. The summed E-state index contributed by atoms with van der Waals surface area (Å²) in [6.07, 6.45) is 0. The molecule has 0 saturated carbocycles. The van der Waals surface area contributed by atoms with Gasteiger partial charge in [0, 0.05) is 16.1 Å². The first kappa shape index (κ1) is 17.5. The summed E-state index contributed by atoms with van der Waals surface area (Å²) in [7, 11) is 1.67. The average molecular weight is 377 g/mol. The molecule has 2 N–H and O–H groups in total. The van der Waals surface area contributed by atoms with Crippen LogP contribution in [0.1, 0.15) is 11.1 Å². The average Bonchev–Trinajstić information content (AvgIpc) is 3.13. The minimum Gasteiger partial charge on any atom is -0.493 e. The third-order valence-corrected chi connectivity index (χ3v) is 5.60. The number of quaternary nitrogens is 2. The maximum Gasteiger partial charge on any atom is 0.231 e. The SMILES string of the molecule is COc1cc(C[NH+]2CC[NH+](Cc3ccccc3Cl)CC2)cc2c1OCO2. The summed E-state index contributed by atoms with van der Waals surface area (Å²) in [5.41, 5.74) is 2.48. The summed E-state index contributed by atoms with van der Waals surface area (Å²) in [5.74, 6) is 2.28. The van der Waals surface area contributed by atoms with Gasteiger partial charge >= 0.3 is 0 Å². The molecule has 0 aromatic heterocycles. The zero-order chi connectivity index (χ0) is 17.9. The van der Waals surface area contributed by atoms with Gasteiger partial charge < -0.3 is 24.0 Å². The lowest BCUT2D eigenvalue weighted by Crippen LogP contribution is -3.27. The smallest absolute Gasteiger partial charge is 0.231 e. The summed E-state index contributed by atoms with van der Waals surface area (Å²) >= 11 is 6.30. The van der Waals surface area contributed by atoms with Crippen LogP contribution in [0.4, 0.5) is 0 Å².